The summed E-state index contributed by atoms with van der Waals surface area (Å²) in [5, 5.41) is 3.86. The quantitative estimate of drug-likeness (QED) is 0.624. The first-order valence-corrected chi connectivity index (χ1v) is 5.11. The van der Waals surface area contributed by atoms with Gasteiger partial charge in [0.25, 0.3) is 10.1 Å². The zero-order valence-corrected chi connectivity index (χ0v) is 7.71. The molecule has 0 atom stereocenters. The van der Waals surface area contributed by atoms with E-state index in [9.17, 15) is 8.42 Å². The Morgan fingerprint density at radius 1 is 1.67 bits per heavy atom. The summed E-state index contributed by atoms with van der Waals surface area (Å²) in [6, 6.07) is 0. The van der Waals surface area contributed by atoms with Gasteiger partial charge < -0.3 is 0 Å². The normalized spacial score (nSPS) is 11.8. The van der Waals surface area contributed by atoms with Crippen LogP contribution in [0.1, 0.15) is 5.56 Å². The minimum absolute atomic E-state index is 0.0483. The van der Waals surface area contributed by atoms with Crippen molar-refractivity contribution in [2.24, 2.45) is 7.05 Å². The number of aromatic nitrogens is 2. The molecule has 6 heteroatoms. The summed E-state index contributed by atoms with van der Waals surface area (Å²) in [6.07, 6.45) is 4.28. The number of nitrogens with zero attached hydrogens (tertiary/aromatic N) is 2. The van der Waals surface area contributed by atoms with E-state index in [0.29, 0.717) is 0 Å². The second-order valence-corrected chi connectivity index (χ2v) is 4.13. The molecule has 5 nitrogen and oxygen atoms in total. The standard InChI is InChI=1S/C6H10N2O3S/c1-8-4-6(3-7-8)5-11-12(2,9)10/h3-4H,5H2,1-2H3. The molecule has 0 saturated carbocycles. The fourth-order valence-electron chi connectivity index (χ4n) is 0.721. The van der Waals surface area contributed by atoms with Crippen LogP contribution in [0, 0.1) is 0 Å². The van der Waals surface area contributed by atoms with Crippen molar-refractivity contribution >= 4 is 10.1 Å². The Hall–Kier alpha value is -0.880. The largest absolute Gasteiger partial charge is 0.275 e. The van der Waals surface area contributed by atoms with Crippen LogP contribution >= 0.6 is 0 Å². The number of rotatable bonds is 3. The molecule has 1 rings (SSSR count). The maximum atomic E-state index is 10.6. The van der Waals surface area contributed by atoms with Crippen molar-refractivity contribution in [2.75, 3.05) is 6.26 Å². The first kappa shape index (κ1) is 9.21. The Balaban J connectivity index is 2.55. The van der Waals surface area contributed by atoms with Crippen LogP contribution in [0.25, 0.3) is 0 Å². The van der Waals surface area contributed by atoms with Gasteiger partial charge in [0.15, 0.2) is 0 Å². The molecule has 0 radical (unpaired) electrons. The van der Waals surface area contributed by atoms with Crippen LogP contribution in [0.2, 0.25) is 0 Å². The van der Waals surface area contributed by atoms with Crippen molar-refractivity contribution in [3.63, 3.8) is 0 Å². The fraction of sp³-hybridized carbons (Fsp3) is 0.500. The Morgan fingerprint density at radius 2 is 2.33 bits per heavy atom. The van der Waals surface area contributed by atoms with Crippen LogP contribution in [0.3, 0.4) is 0 Å². The maximum absolute atomic E-state index is 10.6. The molecule has 1 aromatic rings. The topological polar surface area (TPSA) is 61.2 Å². The number of aryl methyl sites for hydroxylation is 1. The molecule has 0 aliphatic rings. The summed E-state index contributed by atoms with van der Waals surface area (Å²) in [5.41, 5.74) is 0.739. The van der Waals surface area contributed by atoms with Gasteiger partial charge in [-0.1, -0.05) is 0 Å². The zero-order chi connectivity index (χ0) is 9.19. The Kier molecular flexibility index (Phi) is 2.49. The van der Waals surface area contributed by atoms with E-state index < -0.39 is 10.1 Å². The van der Waals surface area contributed by atoms with Gasteiger partial charge in [-0.3, -0.25) is 8.86 Å². The Labute approximate surface area is 71.1 Å². The molecule has 0 N–H and O–H groups in total. The first-order valence-electron chi connectivity index (χ1n) is 3.29. The Bertz CT molecular complexity index is 355. The molecule has 0 saturated heterocycles. The summed E-state index contributed by atoms with van der Waals surface area (Å²) in [5.74, 6) is 0. The molecule has 0 unspecified atom stereocenters. The van der Waals surface area contributed by atoms with Crippen molar-refractivity contribution in [1.82, 2.24) is 9.78 Å². The van der Waals surface area contributed by atoms with Gasteiger partial charge in [-0.15, -0.1) is 0 Å². The third-order valence-electron chi connectivity index (χ3n) is 1.20. The molecule has 12 heavy (non-hydrogen) atoms. The van der Waals surface area contributed by atoms with Crippen LogP contribution in [-0.2, 0) is 28.0 Å². The van der Waals surface area contributed by atoms with Crippen LogP contribution in [0.5, 0.6) is 0 Å². The summed E-state index contributed by atoms with van der Waals surface area (Å²) < 4.78 is 27.3. The van der Waals surface area contributed by atoms with Gasteiger partial charge >= 0.3 is 0 Å². The third-order valence-corrected chi connectivity index (χ3v) is 1.74. The van der Waals surface area contributed by atoms with Gasteiger partial charge in [-0.05, 0) is 0 Å². The fourth-order valence-corrected chi connectivity index (χ4v) is 1.07. The van der Waals surface area contributed by atoms with Crippen LogP contribution in [0.15, 0.2) is 12.4 Å². The minimum atomic E-state index is -3.35. The van der Waals surface area contributed by atoms with Crippen LogP contribution < -0.4 is 0 Å². The van der Waals surface area contributed by atoms with Crippen molar-refractivity contribution < 1.29 is 12.6 Å². The maximum Gasteiger partial charge on any atom is 0.264 e. The lowest BCUT2D eigenvalue weighted by Gasteiger charge is -1.96. The van der Waals surface area contributed by atoms with E-state index in [-0.39, 0.29) is 6.61 Å². The van der Waals surface area contributed by atoms with Gasteiger partial charge in [0.05, 0.1) is 19.1 Å². The molecule has 1 heterocycles. The lowest BCUT2D eigenvalue weighted by Crippen LogP contribution is -2.01. The molecule has 68 valence electrons. The highest BCUT2D eigenvalue weighted by Gasteiger charge is 2.03. The summed E-state index contributed by atoms with van der Waals surface area (Å²) >= 11 is 0. The minimum Gasteiger partial charge on any atom is -0.275 e. The molecular formula is C6H10N2O3S. The van der Waals surface area contributed by atoms with E-state index in [4.69, 9.17) is 0 Å². The van der Waals surface area contributed by atoms with Crippen LogP contribution in [0.4, 0.5) is 0 Å². The zero-order valence-electron chi connectivity index (χ0n) is 6.89. The highest BCUT2D eigenvalue weighted by Crippen LogP contribution is 2.00. The van der Waals surface area contributed by atoms with Gasteiger partial charge in [0, 0.05) is 18.8 Å². The van der Waals surface area contributed by atoms with Gasteiger partial charge in [0.2, 0.25) is 0 Å². The molecule has 0 aliphatic heterocycles. The highest BCUT2D eigenvalue weighted by molar-refractivity contribution is 7.85. The molecule has 0 aromatic carbocycles. The second-order valence-electron chi connectivity index (χ2n) is 2.49. The predicted octanol–water partition coefficient (Wildman–Crippen LogP) is -0.104. The average Bonchev–Trinajstić information content (AvgIpc) is 2.30. The summed E-state index contributed by atoms with van der Waals surface area (Å²) in [4.78, 5) is 0. The van der Waals surface area contributed by atoms with Crippen molar-refractivity contribution in [3.8, 4) is 0 Å². The van der Waals surface area contributed by atoms with E-state index in [2.05, 4.69) is 9.28 Å². The second kappa shape index (κ2) is 3.24. The third kappa shape index (κ3) is 3.02. The lowest BCUT2D eigenvalue weighted by atomic mass is 10.4. The van der Waals surface area contributed by atoms with E-state index in [1.807, 2.05) is 0 Å². The van der Waals surface area contributed by atoms with Gasteiger partial charge in [-0.2, -0.15) is 13.5 Å². The molecule has 0 spiro atoms. The molecular weight excluding hydrogens is 180 g/mol. The van der Waals surface area contributed by atoms with Crippen molar-refractivity contribution in [1.29, 1.82) is 0 Å². The number of hydrogen-bond donors (Lipinski definition) is 0. The molecule has 0 aliphatic carbocycles. The van der Waals surface area contributed by atoms with E-state index >= 15 is 0 Å². The van der Waals surface area contributed by atoms with E-state index in [0.717, 1.165) is 11.8 Å². The average molecular weight is 190 g/mol. The first-order chi connectivity index (χ1) is 5.47. The molecule has 0 bridgehead atoms. The lowest BCUT2D eigenvalue weighted by molar-refractivity contribution is 0.311. The SMILES string of the molecule is Cn1cc(COS(C)(=O)=O)cn1. The molecule has 0 fully saturated rings. The number of hydrogen-bond acceptors (Lipinski definition) is 4. The van der Waals surface area contributed by atoms with Crippen molar-refractivity contribution in [3.05, 3.63) is 18.0 Å². The summed E-state index contributed by atoms with van der Waals surface area (Å²) in [7, 11) is -1.60. The molecule has 1 aromatic heterocycles. The van der Waals surface area contributed by atoms with Crippen molar-refractivity contribution in [2.45, 2.75) is 6.61 Å². The monoisotopic (exact) mass is 190 g/mol. The summed E-state index contributed by atoms with van der Waals surface area (Å²) in [6.45, 7) is 0.0483. The predicted molar refractivity (Wildman–Crippen MR) is 42.8 cm³/mol. The van der Waals surface area contributed by atoms with Crippen LogP contribution in [-0.4, -0.2) is 24.5 Å². The Morgan fingerprint density at radius 3 is 2.75 bits per heavy atom. The van der Waals surface area contributed by atoms with Gasteiger partial charge in [0.1, 0.15) is 0 Å². The van der Waals surface area contributed by atoms with E-state index in [1.165, 1.54) is 0 Å². The smallest absolute Gasteiger partial charge is 0.264 e. The van der Waals surface area contributed by atoms with Gasteiger partial charge in [-0.25, -0.2) is 0 Å². The highest BCUT2D eigenvalue weighted by atomic mass is 32.2. The van der Waals surface area contributed by atoms with E-state index in [1.54, 1.807) is 24.1 Å². The molecule has 0 amide bonds.